The first kappa shape index (κ1) is 30.1. The van der Waals surface area contributed by atoms with Crippen LogP contribution in [0.15, 0.2) is 150 Å². The molecular weight excluding hydrogens is 659 g/mol. The molecule has 7 nitrogen and oxygen atoms in total. The fraction of sp³-hybridized carbons (Fsp3) is 0.0227. The van der Waals surface area contributed by atoms with Crippen molar-refractivity contribution in [1.29, 1.82) is 0 Å². The van der Waals surface area contributed by atoms with Crippen LogP contribution in [0.25, 0.3) is 88.1 Å². The van der Waals surface area contributed by atoms with Gasteiger partial charge < -0.3 is 4.57 Å². The Morgan fingerprint density at radius 3 is 1.69 bits per heavy atom. The van der Waals surface area contributed by atoms with Gasteiger partial charge in [0.05, 0.1) is 32.5 Å². The van der Waals surface area contributed by atoms with Crippen LogP contribution < -0.4 is 0 Å². The Labute approximate surface area is 302 Å². The second kappa shape index (κ2) is 11.9. The number of thiophene rings is 1. The van der Waals surface area contributed by atoms with Gasteiger partial charge in [0.15, 0.2) is 11.6 Å². The smallest absolute Gasteiger partial charge is 0.238 e. The molecule has 0 unspecified atom stereocenters. The third-order valence-electron chi connectivity index (χ3n) is 9.67. The highest BCUT2D eigenvalue weighted by molar-refractivity contribution is 7.21. The number of aliphatic imine (C=N–C) groups is 2. The molecule has 0 aliphatic heterocycles. The largest absolute Gasteiger partial charge is 0.308 e. The maximum atomic E-state index is 5.24. The number of benzene rings is 6. The van der Waals surface area contributed by atoms with Gasteiger partial charge in [-0.2, -0.15) is 9.97 Å². The number of aryl methyl sites for hydroxylation is 1. The normalized spacial score (nSPS) is 11.9. The Morgan fingerprint density at radius 1 is 0.577 bits per heavy atom. The first-order chi connectivity index (χ1) is 25.7. The van der Waals surface area contributed by atoms with Crippen molar-refractivity contribution in [1.82, 2.24) is 24.1 Å². The summed E-state index contributed by atoms with van der Waals surface area (Å²) in [4.78, 5) is 25.5. The minimum atomic E-state index is 0.551. The average Bonchev–Trinajstić information content (AvgIpc) is 3.85. The van der Waals surface area contributed by atoms with E-state index in [1.54, 1.807) is 17.7 Å². The quantitative estimate of drug-likeness (QED) is 0.129. The SMILES string of the molecule is C=NC=Nc1c(C)sc2c1c1c(c3ccccc3n1-c1ccccc1)c1c3ccccc3n(-c3nc(-c4ccccc4)nc(-c4ccccc4)n3)c21. The number of rotatable bonds is 6. The summed E-state index contributed by atoms with van der Waals surface area (Å²) in [6.45, 7) is 5.83. The highest BCUT2D eigenvalue weighted by atomic mass is 32.1. The molecule has 0 spiro atoms. The van der Waals surface area contributed by atoms with E-state index in [2.05, 4.69) is 107 Å². The number of hydrogen-bond donors (Lipinski definition) is 0. The summed E-state index contributed by atoms with van der Waals surface area (Å²) >= 11 is 1.73. The Kier molecular flexibility index (Phi) is 6.90. The van der Waals surface area contributed by atoms with Gasteiger partial charge in [-0.25, -0.2) is 9.98 Å². The summed E-state index contributed by atoms with van der Waals surface area (Å²) in [6, 6.07) is 48.0. The van der Waals surface area contributed by atoms with Gasteiger partial charge in [-0.3, -0.25) is 9.56 Å². The molecule has 0 bridgehead atoms. The van der Waals surface area contributed by atoms with E-state index in [0.29, 0.717) is 17.6 Å². The summed E-state index contributed by atoms with van der Waals surface area (Å²) in [6.07, 6.45) is 1.54. The van der Waals surface area contributed by atoms with Gasteiger partial charge in [-0.1, -0.05) is 115 Å². The van der Waals surface area contributed by atoms with E-state index in [4.69, 9.17) is 19.9 Å². The van der Waals surface area contributed by atoms with Crippen LogP contribution in [0.1, 0.15) is 4.88 Å². The summed E-state index contributed by atoms with van der Waals surface area (Å²) < 4.78 is 5.71. The molecular formula is C44H29N7S. The average molecular weight is 688 g/mol. The molecule has 0 aliphatic carbocycles. The molecule has 246 valence electrons. The highest BCUT2D eigenvalue weighted by Gasteiger charge is 2.28. The topological polar surface area (TPSA) is 73.2 Å². The molecule has 10 aromatic rings. The third kappa shape index (κ3) is 4.48. The van der Waals surface area contributed by atoms with Crippen LogP contribution >= 0.6 is 11.3 Å². The lowest BCUT2D eigenvalue weighted by Gasteiger charge is -2.12. The fourth-order valence-electron chi connectivity index (χ4n) is 7.56. The zero-order chi connectivity index (χ0) is 34.8. The van der Waals surface area contributed by atoms with Crippen molar-refractivity contribution >= 4 is 83.8 Å². The van der Waals surface area contributed by atoms with Crippen LogP contribution in [0.3, 0.4) is 0 Å². The lowest BCUT2D eigenvalue weighted by Crippen LogP contribution is -2.06. The molecule has 4 heterocycles. The van der Waals surface area contributed by atoms with Crippen LogP contribution in [-0.2, 0) is 0 Å². The molecule has 0 N–H and O–H groups in total. The van der Waals surface area contributed by atoms with Gasteiger partial charge in [-0.05, 0) is 37.9 Å². The van der Waals surface area contributed by atoms with E-state index in [1.807, 2.05) is 60.7 Å². The van der Waals surface area contributed by atoms with Gasteiger partial charge in [-0.15, -0.1) is 11.3 Å². The Morgan fingerprint density at radius 2 is 1.10 bits per heavy atom. The fourth-order valence-corrected chi connectivity index (χ4v) is 8.71. The highest BCUT2D eigenvalue weighted by Crippen LogP contribution is 2.52. The summed E-state index contributed by atoms with van der Waals surface area (Å²) in [5.41, 5.74) is 8.06. The number of fused-ring (bicyclic) bond motifs is 10. The van der Waals surface area contributed by atoms with E-state index in [-0.39, 0.29) is 0 Å². The maximum absolute atomic E-state index is 5.24. The second-order valence-electron chi connectivity index (χ2n) is 12.6. The monoisotopic (exact) mass is 687 g/mol. The first-order valence-electron chi connectivity index (χ1n) is 17.0. The molecule has 6 aromatic carbocycles. The van der Waals surface area contributed by atoms with E-state index in [1.165, 1.54) is 0 Å². The van der Waals surface area contributed by atoms with Crippen molar-refractivity contribution in [3.63, 3.8) is 0 Å². The lowest BCUT2D eigenvalue weighted by atomic mass is 10.0. The molecule has 4 aromatic heterocycles. The third-order valence-corrected chi connectivity index (χ3v) is 10.8. The number of para-hydroxylation sites is 3. The molecule has 8 heteroatoms. The molecule has 0 amide bonds. The van der Waals surface area contributed by atoms with Crippen LogP contribution in [0.5, 0.6) is 0 Å². The predicted octanol–water partition coefficient (Wildman–Crippen LogP) is 11.3. The molecule has 0 saturated carbocycles. The van der Waals surface area contributed by atoms with Gasteiger partial charge >= 0.3 is 0 Å². The van der Waals surface area contributed by atoms with Crippen LogP contribution in [0.4, 0.5) is 5.69 Å². The van der Waals surface area contributed by atoms with Gasteiger partial charge in [0, 0.05) is 48.6 Å². The lowest BCUT2D eigenvalue weighted by molar-refractivity contribution is 0.955. The first-order valence-corrected chi connectivity index (χ1v) is 17.9. The van der Waals surface area contributed by atoms with Crippen LogP contribution in [-0.4, -0.2) is 37.1 Å². The zero-order valence-electron chi connectivity index (χ0n) is 28.1. The van der Waals surface area contributed by atoms with Gasteiger partial charge in [0.2, 0.25) is 5.95 Å². The molecule has 0 radical (unpaired) electrons. The van der Waals surface area contributed by atoms with Crippen molar-refractivity contribution in [3.8, 4) is 34.4 Å². The number of hydrogen-bond acceptors (Lipinski definition) is 5. The zero-order valence-corrected chi connectivity index (χ0v) is 28.9. The van der Waals surface area contributed by atoms with E-state index >= 15 is 0 Å². The minimum absolute atomic E-state index is 0.551. The Bertz CT molecular complexity index is 2970. The van der Waals surface area contributed by atoms with Gasteiger partial charge in [0.1, 0.15) is 6.34 Å². The predicted molar refractivity (Wildman–Crippen MR) is 217 cm³/mol. The molecule has 0 fully saturated rings. The van der Waals surface area contributed by atoms with Crippen molar-refractivity contribution < 1.29 is 0 Å². The van der Waals surface area contributed by atoms with Crippen molar-refractivity contribution in [3.05, 3.63) is 144 Å². The van der Waals surface area contributed by atoms with Crippen molar-refractivity contribution in [2.45, 2.75) is 6.92 Å². The van der Waals surface area contributed by atoms with Crippen LogP contribution in [0, 0.1) is 6.92 Å². The van der Waals surface area contributed by atoms with Gasteiger partial charge in [0.25, 0.3) is 0 Å². The standard InChI is InChI=1S/C44H29N7S/c1-27-38(46-26-45-2)37-39-35(31-22-12-14-24-33(31)50(39)30-20-10-5-11-21-30)36-32-23-13-15-25-34(32)51(40(36)41(37)52-27)44-48-42(28-16-6-3-7-17-28)47-43(49-44)29-18-8-4-9-19-29/h3-26H,2H2,1H3. The summed E-state index contributed by atoms with van der Waals surface area (Å²) in [5, 5.41) is 5.62. The molecule has 0 saturated heterocycles. The van der Waals surface area contributed by atoms with Crippen molar-refractivity contribution in [2.24, 2.45) is 9.98 Å². The van der Waals surface area contributed by atoms with Crippen molar-refractivity contribution in [2.75, 3.05) is 0 Å². The molecule has 0 aliphatic rings. The summed E-state index contributed by atoms with van der Waals surface area (Å²) in [5.74, 6) is 1.77. The number of aromatic nitrogens is 5. The molecule has 52 heavy (non-hydrogen) atoms. The molecule has 10 rings (SSSR count). The minimum Gasteiger partial charge on any atom is -0.308 e. The summed E-state index contributed by atoms with van der Waals surface area (Å²) in [7, 11) is 0. The number of nitrogens with zero attached hydrogens (tertiary/aromatic N) is 7. The molecule has 0 atom stereocenters. The second-order valence-corrected chi connectivity index (χ2v) is 13.9. The van der Waals surface area contributed by atoms with Crippen LogP contribution in [0.2, 0.25) is 0 Å². The van der Waals surface area contributed by atoms with E-state index in [0.717, 1.165) is 81.1 Å². The van der Waals surface area contributed by atoms with E-state index in [9.17, 15) is 0 Å². The Balaban J connectivity index is 1.46. The van der Waals surface area contributed by atoms with E-state index < -0.39 is 0 Å². The maximum Gasteiger partial charge on any atom is 0.238 e. The Hall–Kier alpha value is -6.77.